The number of pyridine rings is 1. The second-order valence-electron chi connectivity index (χ2n) is 8.64. The van der Waals surface area contributed by atoms with E-state index in [1.54, 1.807) is 12.1 Å². The Morgan fingerprint density at radius 3 is 2.36 bits per heavy atom. The Morgan fingerprint density at radius 1 is 0.909 bits per heavy atom. The molecule has 0 aliphatic carbocycles. The zero-order valence-corrected chi connectivity index (χ0v) is 18.7. The lowest BCUT2D eigenvalue weighted by atomic mass is 10.0. The molecule has 0 unspecified atom stereocenters. The van der Waals surface area contributed by atoms with Crippen molar-refractivity contribution in [1.29, 1.82) is 0 Å². The summed E-state index contributed by atoms with van der Waals surface area (Å²) in [5, 5.41) is 0.859. The number of aryl methyl sites for hydroxylation is 1. The van der Waals surface area contributed by atoms with Crippen LogP contribution in [0.2, 0.25) is 0 Å². The van der Waals surface area contributed by atoms with Crippen LogP contribution >= 0.6 is 0 Å². The fourth-order valence-electron chi connectivity index (χ4n) is 4.41. The van der Waals surface area contributed by atoms with Gasteiger partial charge in [-0.25, -0.2) is 9.37 Å². The van der Waals surface area contributed by atoms with Crippen LogP contribution in [0.1, 0.15) is 21.5 Å². The van der Waals surface area contributed by atoms with Gasteiger partial charge in [0.25, 0.3) is 5.91 Å². The topological polar surface area (TPSA) is 36.4 Å². The number of fused-ring (bicyclic) bond motifs is 1. The number of nitrogens with zero attached hydrogens (tertiary/aromatic N) is 3. The Balaban J connectivity index is 1.41. The minimum Gasteiger partial charge on any atom is -0.336 e. The van der Waals surface area contributed by atoms with E-state index in [1.807, 2.05) is 42.2 Å². The van der Waals surface area contributed by atoms with Crippen LogP contribution in [0.25, 0.3) is 22.2 Å². The monoisotopic (exact) mass is 439 g/mol. The van der Waals surface area contributed by atoms with Crippen molar-refractivity contribution >= 4 is 16.8 Å². The molecular formula is C28H26FN3O. The van der Waals surface area contributed by atoms with Crippen molar-refractivity contribution in [3.05, 3.63) is 101 Å². The number of hydrogen-bond acceptors (Lipinski definition) is 3. The van der Waals surface area contributed by atoms with Crippen molar-refractivity contribution in [3.63, 3.8) is 0 Å². The molecule has 5 rings (SSSR count). The fourth-order valence-corrected chi connectivity index (χ4v) is 4.41. The van der Waals surface area contributed by atoms with Crippen LogP contribution in [0.5, 0.6) is 0 Å². The lowest BCUT2D eigenvalue weighted by Crippen LogP contribution is -2.48. The first kappa shape index (κ1) is 21.3. The number of carbonyl (C=O) groups excluding carboxylic acids is 1. The number of rotatable bonds is 4. The lowest BCUT2D eigenvalue weighted by Gasteiger charge is -2.35. The summed E-state index contributed by atoms with van der Waals surface area (Å²) in [4.78, 5) is 22.7. The van der Waals surface area contributed by atoms with Gasteiger partial charge >= 0.3 is 0 Å². The van der Waals surface area contributed by atoms with Gasteiger partial charge in [0.2, 0.25) is 0 Å². The summed E-state index contributed by atoms with van der Waals surface area (Å²) in [6.07, 6.45) is 0. The Bertz CT molecular complexity index is 1280. The van der Waals surface area contributed by atoms with Crippen LogP contribution < -0.4 is 0 Å². The number of carbonyl (C=O) groups is 1. The van der Waals surface area contributed by atoms with E-state index < -0.39 is 0 Å². The smallest absolute Gasteiger partial charge is 0.254 e. The van der Waals surface area contributed by atoms with Gasteiger partial charge in [0.15, 0.2) is 0 Å². The molecule has 33 heavy (non-hydrogen) atoms. The number of aromatic nitrogens is 1. The normalized spacial score (nSPS) is 14.5. The molecule has 4 aromatic rings. The molecule has 0 spiro atoms. The molecule has 2 heterocycles. The number of hydrogen-bond donors (Lipinski definition) is 0. The quantitative estimate of drug-likeness (QED) is 0.433. The van der Waals surface area contributed by atoms with Gasteiger partial charge in [-0.2, -0.15) is 0 Å². The second kappa shape index (κ2) is 9.12. The average molecular weight is 440 g/mol. The number of piperazine rings is 1. The SMILES string of the molecule is Cc1ccc2nc(-c3ccc(F)cc3)cc(C(=O)N3CCN(Cc4ccccc4)CC3)c2c1. The molecule has 1 saturated heterocycles. The highest BCUT2D eigenvalue weighted by molar-refractivity contribution is 6.07. The average Bonchev–Trinajstić information content (AvgIpc) is 2.84. The zero-order chi connectivity index (χ0) is 22.8. The molecule has 166 valence electrons. The molecule has 0 radical (unpaired) electrons. The first-order valence-electron chi connectivity index (χ1n) is 11.3. The van der Waals surface area contributed by atoms with E-state index in [2.05, 4.69) is 29.2 Å². The van der Waals surface area contributed by atoms with Crippen LogP contribution in [-0.2, 0) is 6.54 Å². The van der Waals surface area contributed by atoms with Gasteiger partial charge < -0.3 is 4.90 Å². The minimum atomic E-state index is -0.292. The second-order valence-corrected chi connectivity index (χ2v) is 8.64. The van der Waals surface area contributed by atoms with E-state index in [0.29, 0.717) is 24.3 Å². The first-order chi connectivity index (χ1) is 16.1. The Kier molecular flexibility index (Phi) is 5.88. The van der Waals surface area contributed by atoms with E-state index in [9.17, 15) is 9.18 Å². The Hall–Kier alpha value is -3.57. The summed E-state index contributed by atoms with van der Waals surface area (Å²) in [6, 6.07) is 24.5. The van der Waals surface area contributed by atoms with E-state index in [1.165, 1.54) is 17.7 Å². The largest absolute Gasteiger partial charge is 0.336 e. The molecule has 0 saturated carbocycles. The third kappa shape index (κ3) is 4.64. The molecule has 0 atom stereocenters. The van der Waals surface area contributed by atoms with Crippen LogP contribution in [0.4, 0.5) is 4.39 Å². The number of amides is 1. The molecular weight excluding hydrogens is 413 g/mol. The molecule has 5 heteroatoms. The highest BCUT2D eigenvalue weighted by atomic mass is 19.1. The summed E-state index contributed by atoms with van der Waals surface area (Å²) in [7, 11) is 0. The fraction of sp³-hybridized carbons (Fsp3) is 0.214. The third-order valence-corrected chi connectivity index (χ3v) is 6.24. The van der Waals surface area contributed by atoms with E-state index in [4.69, 9.17) is 4.98 Å². The minimum absolute atomic E-state index is 0.0238. The van der Waals surface area contributed by atoms with Gasteiger partial charge in [0.1, 0.15) is 5.82 Å². The third-order valence-electron chi connectivity index (χ3n) is 6.24. The Morgan fingerprint density at radius 2 is 1.64 bits per heavy atom. The summed E-state index contributed by atoms with van der Waals surface area (Å²) in [5.74, 6) is -0.268. The van der Waals surface area contributed by atoms with Crippen molar-refractivity contribution in [2.24, 2.45) is 0 Å². The molecule has 1 aliphatic heterocycles. The van der Waals surface area contributed by atoms with Crippen molar-refractivity contribution in [1.82, 2.24) is 14.8 Å². The van der Waals surface area contributed by atoms with Crippen LogP contribution in [0.3, 0.4) is 0 Å². The molecule has 1 aliphatic rings. The predicted molar refractivity (Wildman–Crippen MR) is 129 cm³/mol. The molecule has 3 aromatic carbocycles. The molecule has 1 aromatic heterocycles. The van der Waals surface area contributed by atoms with Crippen molar-refractivity contribution in [3.8, 4) is 11.3 Å². The predicted octanol–water partition coefficient (Wildman–Crippen LogP) is 5.31. The summed E-state index contributed by atoms with van der Waals surface area (Å²) in [5.41, 5.74) is 5.27. The van der Waals surface area contributed by atoms with Crippen LogP contribution in [-0.4, -0.2) is 46.9 Å². The van der Waals surface area contributed by atoms with Gasteiger partial charge in [-0.3, -0.25) is 9.69 Å². The summed E-state index contributed by atoms with van der Waals surface area (Å²) in [6.45, 7) is 5.97. The van der Waals surface area contributed by atoms with Crippen molar-refractivity contribution in [2.75, 3.05) is 26.2 Å². The van der Waals surface area contributed by atoms with Gasteiger partial charge in [-0.05, 0) is 55.0 Å². The van der Waals surface area contributed by atoms with Crippen LogP contribution in [0.15, 0.2) is 78.9 Å². The van der Waals surface area contributed by atoms with E-state index in [-0.39, 0.29) is 11.7 Å². The summed E-state index contributed by atoms with van der Waals surface area (Å²) < 4.78 is 13.4. The Labute approximate surface area is 193 Å². The first-order valence-corrected chi connectivity index (χ1v) is 11.3. The molecule has 4 nitrogen and oxygen atoms in total. The zero-order valence-electron chi connectivity index (χ0n) is 18.7. The van der Waals surface area contributed by atoms with Crippen molar-refractivity contribution < 1.29 is 9.18 Å². The van der Waals surface area contributed by atoms with Crippen LogP contribution in [0, 0.1) is 12.7 Å². The van der Waals surface area contributed by atoms with E-state index in [0.717, 1.165) is 41.7 Å². The number of halogens is 1. The van der Waals surface area contributed by atoms with Gasteiger partial charge in [-0.15, -0.1) is 0 Å². The van der Waals surface area contributed by atoms with E-state index >= 15 is 0 Å². The maximum absolute atomic E-state index is 13.6. The van der Waals surface area contributed by atoms with Gasteiger partial charge in [-0.1, -0.05) is 42.0 Å². The lowest BCUT2D eigenvalue weighted by molar-refractivity contribution is 0.0630. The van der Waals surface area contributed by atoms with Crippen molar-refractivity contribution in [2.45, 2.75) is 13.5 Å². The van der Waals surface area contributed by atoms with Gasteiger partial charge in [0.05, 0.1) is 16.8 Å². The standard InChI is InChI=1S/C28H26FN3O/c1-20-7-12-26-24(17-20)25(18-27(30-26)22-8-10-23(29)11-9-22)28(33)32-15-13-31(14-16-32)19-21-5-3-2-4-6-21/h2-12,17-18H,13-16,19H2,1H3. The maximum Gasteiger partial charge on any atom is 0.254 e. The molecule has 1 amide bonds. The van der Waals surface area contributed by atoms with Gasteiger partial charge in [0, 0.05) is 43.7 Å². The highest BCUT2D eigenvalue weighted by Gasteiger charge is 2.24. The summed E-state index contributed by atoms with van der Waals surface area (Å²) >= 11 is 0. The number of benzene rings is 3. The molecule has 0 bridgehead atoms. The molecule has 0 N–H and O–H groups in total. The molecule has 1 fully saturated rings. The maximum atomic E-state index is 13.6. The highest BCUT2D eigenvalue weighted by Crippen LogP contribution is 2.27.